The molecule has 4 atom stereocenters. The van der Waals surface area contributed by atoms with Crippen LogP contribution in [0.1, 0.15) is 24.5 Å². The van der Waals surface area contributed by atoms with E-state index in [1.807, 2.05) is 48.2 Å². The van der Waals surface area contributed by atoms with Crippen LogP contribution in [0.25, 0.3) is 10.9 Å². The third kappa shape index (κ3) is 2.68. The molecule has 1 aromatic heterocycles. The molecular weight excluding hydrogens is 545 g/mol. The van der Waals surface area contributed by atoms with Gasteiger partial charge in [0.05, 0.1) is 5.41 Å². The highest BCUT2D eigenvalue weighted by Gasteiger charge is 2.77. The third-order valence-corrected chi connectivity index (χ3v) is 12.0. The topological polar surface area (TPSA) is 59.7 Å². The Morgan fingerprint density at radius 2 is 1.62 bits per heavy atom. The first-order chi connectivity index (χ1) is 18.8. The van der Waals surface area contributed by atoms with Crippen molar-refractivity contribution in [1.82, 2.24) is 14.8 Å². The standard InChI is InChI=1S/C30H24N4O2S3/c1-28-25(35)34-24-29(21-16-31-22-14-8-6-12-19(21)22,17-30(34,26(36)32(28)2)39-27(37)38-28)20-13-7-9-15-23(20)33(24)18-10-4-3-5-11-18/h3-16,24,31H,17H2,1-2H3/t24-,28+,29+,30+/m1/s1. The lowest BCUT2D eigenvalue weighted by molar-refractivity contribution is -0.163. The van der Waals surface area contributed by atoms with Crippen LogP contribution in [-0.4, -0.2) is 53.1 Å². The molecule has 1 N–H and O–H groups in total. The predicted octanol–water partition coefficient (Wildman–Crippen LogP) is 5.81. The zero-order valence-corrected chi connectivity index (χ0v) is 23.7. The van der Waals surface area contributed by atoms with Crippen LogP contribution in [0.4, 0.5) is 11.4 Å². The number of benzene rings is 3. The maximum atomic E-state index is 14.8. The largest absolute Gasteiger partial charge is 0.361 e. The Hall–Kier alpha value is -3.27. The molecule has 6 heterocycles. The summed E-state index contributed by atoms with van der Waals surface area (Å²) < 4.78 is 0.625. The smallest absolute Gasteiger partial charge is 0.262 e. The Bertz CT molecular complexity index is 1740. The van der Waals surface area contributed by atoms with Crippen molar-refractivity contribution in [2.75, 3.05) is 11.9 Å². The minimum atomic E-state index is -1.16. The highest BCUT2D eigenvalue weighted by atomic mass is 32.2. The number of aromatic nitrogens is 1. The van der Waals surface area contributed by atoms with E-state index < -0.39 is 21.3 Å². The number of H-pyrrole nitrogens is 1. The van der Waals surface area contributed by atoms with Gasteiger partial charge in [-0.1, -0.05) is 90.3 Å². The monoisotopic (exact) mass is 568 g/mol. The SMILES string of the molecule is CN1C(=O)[C@@]23C[C@@]4(c5c[nH]c6ccccc56)c5ccccc5N(c5ccccc5)[C@@H]4N2C(=O)[C@]1(C)SC(=S)S3. The van der Waals surface area contributed by atoms with Gasteiger partial charge in [0.1, 0.15) is 9.69 Å². The molecule has 4 aromatic rings. The number of carbonyl (C=O) groups is 2. The maximum Gasteiger partial charge on any atom is 0.262 e. The lowest BCUT2D eigenvalue weighted by Crippen LogP contribution is -2.72. The number of amides is 2. The second-order valence-electron chi connectivity index (χ2n) is 10.8. The van der Waals surface area contributed by atoms with E-state index in [2.05, 4.69) is 58.5 Å². The number of aromatic amines is 1. The van der Waals surface area contributed by atoms with Gasteiger partial charge in [-0.05, 0) is 42.3 Å². The number of likely N-dealkylation sites (N-methyl/N-ethyl adjacent to an activating group) is 1. The second-order valence-corrected chi connectivity index (χ2v) is 14.6. The molecule has 9 heteroatoms. The molecule has 0 unspecified atom stereocenters. The lowest BCUT2D eigenvalue weighted by Gasteiger charge is -2.51. The molecule has 3 aromatic carbocycles. The van der Waals surface area contributed by atoms with Crippen molar-refractivity contribution in [2.45, 2.75) is 34.7 Å². The normalized spacial score (nSPS) is 31.1. The molecule has 4 saturated heterocycles. The zero-order chi connectivity index (χ0) is 26.7. The molecule has 0 saturated carbocycles. The van der Waals surface area contributed by atoms with E-state index in [9.17, 15) is 9.59 Å². The Labute approximate surface area is 239 Å². The fourth-order valence-electron chi connectivity index (χ4n) is 7.26. The number of fused-ring (bicyclic) bond motifs is 7. The van der Waals surface area contributed by atoms with Crippen LogP contribution >= 0.6 is 35.7 Å². The number of thioether (sulfide) groups is 2. The summed E-state index contributed by atoms with van der Waals surface area (Å²) in [5.41, 5.74) is 4.57. The van der Waals surface area contributed by atoms with Gasteiger partial charge in [-0.2, -0.15) is 0 Å². The highest BCUT2D eigenvalue weighted by Crippen LogP contribution is 2.69. The number of thiocarbonyl (C=S) groups is 1. The van der Waals surface area contributed by atoms with Crippen LogP contribution < -0.4 is 4.90 Å². The summed E-state index contributed by atoms with van der Waals surface area (Å²) in [6, 6.07) is 26.9. The first-order valence-electron chi connectivity index (χ1n) is 12.9. The number of piperazine rings is 1. The van der Waals surface area contributed by atoms with Gasteiger partial charge in [0.15, 0.2) is 9.74 Å². The third-order valence-electron chi connectivity index (χ3n) is 9.01. The molecular formula is C30H24N4O2S3. The summed E-state index contributed by atoms with van der Waals surface area (Å²) in [6.07, 6.45) is 2.04. The summed E-state index contributed by atoms with van der Waals surface area (Å²) in [7, 11) is 1.75. The van der Waals surface area contributed by atoms with Crippen molar-refractivity contribution >= 4 is 73.4 Å². The fourth-order valence-corrected chi connectivity index (χ4v) is 11.0. The van der Waals surface area contributed by atoms with Gasteiger partial charge in [-0.15, -0.1) is 0 Å². The molecule has 2 bridgehead atoms. The maximum absolute atomic E-state index is 14.8. The summed E-state index contributed by atoms with van der Waals surface area (Å²) >= 11 is 8.53. The number of hydrogen-bond acceptors (Lipinski definition) is 6. The van der Waals surface area contributed by atoms with Crippen LogP contribution in [0.5, 0.6) is 0 Å². The van der Waals surface area contributed by atoms with Crippen LogP contribution in [0.2, 0.25) is 0 Å². The van der Waals surface area contributed by atoms with Gasteiger partial charge in [-0.25, -0.2) is 0 Å². The number of rotatable bonds is 2. The van der Waals surface area contributed by atoms with Crippen LogP contribution in [0, 0.1) is 0 Å². The molecule has 2 amide bonds. The first kappa shape index (κ1) is 23.6. The van der Waals surface area contributed by atoms with E-state index in [-0.39, 0.29) is 11.8 Å². The van der Waals surface area contributed by atoms with E-state index in [1.54, 1.807) is 11.9 Å². The summed E-state index contributed by atoms with van der Waals surface area (Å²) in [6.45, 7) is 1.83. The number of nitrogens with one attached hydrogen (secondary N) is 1. The molecule has 0 aliphatic carbocycles. The molecule has 1 spiro atoms. The number of anilines is 2. The van der Waals surface area contributed by atoms with Gasteiger partial charge >= 0.3 is 0 Å². The Balaban J connectivity index is 1.51. The van der Waals surface area contributed by atoms with E-state index in [0.717, 1.165) is 33.4 Å². The number of para-hydroxylation sites is 3. The van der Waals surface area contributed by atoms with Gasteiger partial charge in [0.2, 0.25) is 0 Å². The molecule has 39 heavy (non-hydrogen) atoms. The molecule has 6 nitrogen and oxygen atoms in total. The van der Waals surface area contributed by atoms with Crippen LogP contribution in [-0.2, 0) is 15.0 Å². The minimum absolute atomic E-state index is 0.0685. The van der Waals surface area contributed by atoms with Crippen molar-refractivity contribution in [2.24, 2.45) is 0 Å². The van der Waals surface area contributed by atoms with Gasteiger partial charge in [0, 0.05) is 41.9 Å². The molecule has 9 rings (SSSR count). The zero-order valence-electron chi connectivity index (χ0n) is 21.3. The molecule has 194 valence electrons. The van der Waals surface area contributed by atoms with Crippen molar-refractivity contribution in [3.63, 3.8) is 0 Å². The summed E-state index contributed by atoms with van der Waals surface area (Å²) in [5.74, 6) is -0.150. The fraction of sp³-hybridized carbons (Fsp3) is 0.233. The molecule has 0 radical (unpaired) electrons. The van der Waals surface area contributed by atoms with Crippen molar-refractivity contribution < 1.29 is 9.59 Å². The Morgan fingerprint density at radius 1 is 0.897 bits per heavy atom. The average molecular weight is 569 g/mol. The van der Waals surface area contributed by atoms with E-state index in [4.69, 9.17) is 12.2 Å². The van der Waals surface area contributed by atoms with Crippen molar-refractivity contribution in [3.8, 4) is 0 Å². The molecule has 4 fully saturated rings. The quantitative estimate of drug-likeness (QED) is 0.308. The number of nitrogens with zero attached hydrogens (tertiary/aromatic N) is 3. The molecule has 5 aliphatic heterocycles. The van der Waals surface area contributed by atoms with Gasteiger partial charge in [-0.3, -0.25) is 14.5 Å². The molecule has 5 aliphatic rings. The average Bonchev–Trinajstić information content (AvgIpc) is 3.55. The van der Waals surface area contributed by atoms with Crippen molar-refractivity contribution in [3.05, 3.63) is 96.2 Å². The summed E-state index contributed by atoms with van der Waals surface area (Å²) in [5, 5.41) is 1.09. The van der Waals surface area contributed by atoms with E-state index in [1.165, 1.54) is 23.5 Å². The van der Waals surface area contributed by atoms with Crippen LogP contribution in [0.3, 0.4) is 0 Å². The van der Waals surface area contributed by atoms with E-state index in [0.29, 0.717) is 9.95 Å². The second kappa shape index (κ2) is 7.68. The van der Waals surface area contributed by atoms with Crippen LogP contribution in [0.15, 0.2) is 85.1 Å². The first-order valence-corrected chi connectivity index (χ1v) is 14.9. The Morgan fingerprint density at radius 3 is 2.44 bits per heavy atom. The number of hydrogen-bond donors (Lipinski definition) is 1. The van der Waals surface area contributed by atoms with E-state index >= 15 is 0 Å². The summed E-state index contributed by atoms with van der Waals surface area (Å²) in [4.78, 5) is 36.3. The minimum Gasteiger partial charge on any atom is -0.361 e. The Kier molecular flexibility index (Phi) is 4.65. The number of carbonyl (C=O) groups excluding carboxylic acids is 2. The van der Waals surface area contributed by atoms with Gasteiger partial charge < -0.3 is 14.8 Å². The highest BCUT2D eigenvalue weighted by molar-refractivity contribution is 8.48. The van der Waals surface area contributed by atoms with Crippen molar-refractivity contribution in [1.29, 1.82) is 0 Å². The lowest BCUT2D eigenvalue weighted by atomic mass is 9.72. The predicted molar refractivity (Wildman–Crippen MR) is 161 cm³/mol. The van der Waals surface area contributed by atoms with Gasteiger partial charge in [0.25, 0.3) is 11.8 Å².